The van der Waals surface area contributed by atoms with Gasteiger partial charge in [-0.1, -0.05) is 18.2 Å². The first-order valence-electron chi connectivity index (χ1n) is 11.3. The van der Waals surface area contributed by atoms with E-state index < -0.39 is 0 Å². The number of amides is 1. The van der Waals surface area contributed by atoms with Crippen molar-refractivity contribution in [3.8, 4) is 11.5 Å². The van der Waals surface area contributed by atoms with Crippen LogP contribution < -0.4 is 25.0 Å². The molecule has 0 aromatic heterocycles. The van der Waals surface area contributed by atoms with Gasteiger partial charge in [0.25, 0.3) is 0 Å². The van der Waals surface area contributed by atoms with Gasteiger partial charge in [-0.3, -0.25) is 4.79 Å². The lowest BCUT2D eigenvalue weighted by atomic mass is 10.1. The minimum atomic E-state index is 0.211. The number of methoxy groups -OCH3 is 2. The predicted octanol–water partition coefficient (Wildman–Crippen LogP) is 3.52. The third kappa shape index (κ3) is 6.39. The molecule has 2 aromatic carbocycles. The summed E-state index contributed by atoms with van der Waals surface area (Å²) in [4.78, 5) is 18.5. The fourth-order valence-electron chi connectivity index (χ4n) is 3.75. The molecule has 1 amide bonds. The molecule has 7 heteroatoms. The summed E-state index contributed by atoms with van der Waals surface area (Å²) in [5.74, 6) is 2.52. The maximum Gasteiger partial charge on any atom is 0.227 e. The third-order valence-corrected chi connectivity index (χ3v) is 5.47. The van der Waals surface area contributed by atoms with Crippen molar-refractivity contribution in [2.75, 3.05) is 38.8 Å². The van der Waals surface area contributed by atoms with Crippen LogP contribution in [0.3, 0.4) is 0 Å². The van der Waals surface area contributed by atoms with Gasteiger partial charge in [0.05, 0.1) is 20.8 Å². The highest BCUT2D eigenvalue weighted by atomic mass is 16.5. The van der Waals surface area contributed by atoms with E-state index in [0.29, 0.717) is 13.0 Å². The first-order valence-corrected chi connectivity index (χ1v) is 11.3. The van der Waals surface area contributed by atoms with Crippen molar-refractivity contribution < 1.29 is 14.3 Å². The van der Waals surface area contributed by atoms with Crippen LogP contribution in [0, 0.1) is 0 Å². The van der Waals surface area contributed by atoms with Gasteiger partial charge in [0.15, 0.2) is 17.5 Å². The molecular weight excluding hydrogens is 404 g/mol. The van der Waals surface area contributed by atoms with Crippen LogP contribution in [-0.2, 0) is 17.8 Å². The number of benzene rings is 2. The summed E-state index contributed by atoms with van der Waals surface area (Å²) in [5.41, 5.74) is 3.30. The molecule has 0 aliphatic carbocycles. The Morgan fingerprint density at radius 3 is 2.44 bits per heavy atom. The Balaban J connectivity index is 1.49. The summed E-state index contributed by atoms with van der Waals surface area (Å²) < 4.78 is 10.7. The average Bonchev–Trinajstić information content (AvgIpc) is 3.26. The van der Waals surface area contributed by atoms with E-state index in [-0.39, 0.29) is 5.91 Å². The molecule has 32 heavy (non-hydrogen) atoms. The first kappa shape index (κ1) is 23.4. The second kappa shape index (κ2) is 12.0. The molecule has 1 heterocycles. The Hall–Kier alpha value is -3.22. The standard InChI is InChI=1S/C25H34N4O3/c1-4-26-25(27-15-5-7-19-11-14-22(31-2)23(17-19)32-3)28-18-20-9-12-21(13-10-20)29-16-6-8-24(29)30/h9-14,17H,4-8,15-16,18H2,1-3H3,(H2,26,27,28). The van der Waals surface area contributed by atoms with E-state index in [0.717, 1.165) is 67.6 Å². The maximum absolute atomic E-state index is 11.9. The molecule has 2 aromatic rings. The van der Waals surface area contributed by atoms with Gasteiger partial charge in [0, 0.05) is 31.7 Å². The van der Waals surface area contributed by atoms with Crippen LogP contribution in [-0.4, -0.2) is 45.7 Å². The average molecular weight is 439 g/mol. The molecule has 0 spiro atoms. The number of hydrogen-bond acceptors (Lipinski definition) is 4. The number of guanidine groups is 1. The van der Waals surface area contributed by atoms with Gasteiger partial charge in [0.1, 0.15) is 0 Å². The minimum absolute atomic E-state index is 0.211. The van der Waals surface area contributed by atoms with Crippen molar-refractivity contribution in [1.82, 2.24) is 10.6 Å². The SMILES string of the molecule is CCNC(=NCc1ccc(N2CCCC2=O)cc1)NCCCc1ccc(OC)c(OC)c1. The number of nitrogens with one attached hydrogen (secondary N) is 2. The molecule has 1 fully saturated rings. The smallest absolute Gasteiger partial charge is 0.227 e. The molecule has 1 aliphatic rings. The van der Waals surface area contributed by atoms with Gasteiger partial charge < -0.3 is 25.0 Å². The first-order chi connectivity index (χ1) is 15.6. The molecule has 2 N–H and O–H groups in total. The molecule has 1 saturated heterocycles. The number of carbonyl (C=O) groups is 1. The molecule has 0 atom stereocenters. The highest BCUT2D eigenvalue weighted by molar-refractivity contribution is 5.95. The third-order valence-electron chi connectivity index (χ3n) is 5.47. The zero-order valence-electron chi connectivity index (χ0n) is 19.3. The van der Waals surface area contributed by atoms with Crippen molar-refractivity contribution in [3.05, 3.63) is 53.6 Å². The lowest BCUT2D eigenvalue weighted by molar-refractivity contribution is -0.117. The van der Waals surface area contributed by atoms with E-state index in [1.54, 1.807) is 14.2 Å². The quantitative estimate of drug-likeness (QED) is 0.337. The van der Waals surface area contributed by atoms with Gasteiger partial charge in [-0.05, 0) is 61.6 Å². The maximum atomic E-state index is 11.9. The van der Waals surface area contributed by atoms with Crippen LogP contribution in [0.4, 0.5) is 5.69 Å². The summed E-state index contributed by atoms with van der Waals surface area (Å²) in [6.07, 6.45) is 3.49. The largest absolute Gasteiger partial charge is 0.493 e. The number of anilines is 1. The molecule has 0 saturated carbocycles. The Morgan fingerprint density at radius 2 is 1.78 bits per heavy atom. The van der Waals surface area contributed by atoms with Crippen LogP contribution in [0.1, 0.15) is 37.3 Å². The van der Waals surface area contributed by atoms with Crippen LogP contribution in [0.2, 0.25) is 0 Å². The molecular formula is C25H34N4O3. The minimum Gasteiger partial charge on any atom is -0.493 e. The normalized spacial score (nSPS) is 13.9. The highest BCUT2D eigenvalue weighted by Gasteiger charge is 2.21. The highest BCUT2D eigenvalue weighted by Crippen LogP contribution is 2.28. The van der Waals surface area contributed by atoms with E-state index in [9.17, 15) is 4.79 Å². The Kier molecular flexibility index (Phi) is 8.78. The van der Waals surface area contributed by atoms with Gasteiger partial charge in [-0.25, -0.2) is 4.99 Å². The van der Waals surface area contributed by atoms with Gasteiger partial charge in [0.2, 0.25) is 5.91 Å². The van der Waals surface area contributed by atoms with Crippen molar-refractivity contribution in [2.24, 2.45) is 4.99 Å². The van der Waals surface area contributed by atoms with Gasteiger partial charge >= 0.3 is 0 Å². The van der Waals surface area contributed by atoms with Crippen molar-refractivity contribution in [3.63, 3.8) is 0 Å². The summed E-state index contributed by atoms with van der Waals surface area (Å²) in [7, 11) is 3.30. The van der Waals surface area contributed by atoms with E-state index in [4.69, 9.17) is 14.5 Å². The van der Waals surface area contributed by atoms with Crippen LogP contribution in [0.5, 0.6) is 11.5 Å². The molecule has 7 nitrogen and oxygen atoms in total. The number of nitrogens with zero attached hydrogens (tertiary/aromatic N) is 2. The lowest BCUT2D eigenvalue weighted by Crippen LogP contribution is -2.37. The number of ether oxygens (including phenoxy) is 2. The second-order valence-electron chi connectivity index (χ2n) is 7.73. The molecule has 0 radical (unpaired) electrons. The molecule has 3 rings (SSSR count). The van der Waals surface area contributed by atoms with E-state index in [2.05, 4.69) is 23.6 Å². The molecule has 172 valence electrons. The Bertz CT molecular complexity index is 912. The summed E-state index contributed by atoms with van der Waals surface area (Å²) in [6.45, 7) is 5.07. The molecule has 1 aliphatic heterocycles. The second-order valence-corrected chi connectivity index (χ2v) is 7.73. The Labute approximate surface area is 190 Å². The number of aryl methyl sites for hydroxylation is 1. The van der Waals surface area contributed by atoms with Crippen molar-refractivity contribution in [1.29, 1.82) is 0 Å². The molecule has 0 bridgehead atoms. The fraction of sp³-hybridized carbons (Fsp3) is 0.440. The number of hydrogen-bond donors (Lipinski definition) is 2. The number of carbonyl (C=O) groups excluding carboxylic acids is 1. The van der Waals surface area contributed by atoms with E-state index in [1.807, 2.05) is 41.3 Å². The summed E-state index contributed by atoms with van der Waals surface area (Å²) in [5, 5.41) is 6.70. The summed E-state index contributed by atoms with van der Waals surface area (Å²) in [6, 6.07) is 14.2. The predicted molar refractivity (Wildman–Crippen MR) is 129 cm³/mol. The monoisotopic (exact) mass is 438 g/mol. The van der Waals surface area contributed by atoms with E-state index >= 15 is 0 Å². The van der Waals surface area contributed by atoms with Crippen LogP contribution >= 0.6 is 0 Å². The topological polar surface area (TPSA) is 75.2 Å². The Morgan fingerprint density at radius 1 is 1.03 bits per heavy atom. The van der Waals surface area contributed by atoms with Crippen LogP contribution in [0.15, 0.2) is 47.5 Å². The zero-order chi connectivity index (χ0) is 22.8. The zero-order valence-corrected chi connectivity index (χ0v) is 19.3. The number of aliphatic imine (C=N–C) groups is 1. The fourth-order valence-corrected chi connectivity index (χ4v) is 3.75. The lowest BCUT2D eigenvalue weighted by Gasteiger charge is -2.16. The van der Waals surface area contributed by atoms with Gasteiger partial charge in [-0.15, -0.1) is 0 Å². The van der Waals surface area contributed by atoms with Crippen molar-refractivity contribution in [2.45, 2.75) is 39.2 Å². The number of rotatable bonds is 10. The molecule has 0 unspecified atom stereocenters. The van der Waals surface area contributed by atoms with E-state index in [1.165, 1.54) is 5.56 Å². The summed E-state index contributed by atoms with van der Waals surface area (Å²) >= 11 is 0. The van der Waals surface area contributed by atoms with Crippen molar-refractivity contribution >= 4 is 17.6 Å². The van der Waals surface area contributed by atoms with Gasteiger partial charge in [-0.2, -0.15) is 0 Å². The van der Waals surface area contributed by atoms with Crippen LogP contribution in [0.25, 0.3) is 0 Å².